The summed E-state index contributed by atoms with van der Waals surface area (Å²) in [5, 5.41) is 4.72. The molecule has 2 amide bonds. The molecule has 0 aliphatic rings. The van der Waals surface area contributed by atoms with Crippen molar-refractivity contribution in [3.05, 3.63) is 35.9 Å². The van der Waals surface area contributed by atoms with Crippen LogP contribution in [0.5, 0.6) is 0 Å². The lowest BCUT2D eigenvalue weighted by atomic mass is 9.98. The van der Waals surface area contributed by atoms with Crippen LogP contribution in [0.25, 0.3) is 0 Å². The van der Waals surface area contributed by atoms with Gasteiger partial charge in [-0.2, -0.15) is 0 Å². The minimum Gasteiger partial charge on any atom is -0.469 e. The second kappa shape index (κ2) is 11.5. The predicted molar refractivity (Wildman–Crippen MR) is 94.4 cm³/mol. The topological polar surface area (TPSA) is 120 Å². The van der Waals surface area contributed by atoms with Gasteiger partial charge in [0, 0.05) is 0 Å². The summed E-state index contributed by atoms with van der Waals surface area (Å²) in [5.74, 6) is -2.41. The molecule has 0 saturated heterocycles. The highest BCUT2D eigenvalue weighted by Gasteiger charge is 2.29. The fourth-order valence-electron chi connectivity index (χ4n) is 2.18. The molecule has 1 rings (SSSR count). The maximum atomic E-state index is 12.0. The molecule has 2 atom stereocenters. The molecule has 0 fully saturated rings. The Balaban J connectivity index is 2.47. The number of carbonyl (C=O) groups is 4. The van der Waals surface area contributed by atoms with Gasteiger partial charge in [-0.15, -0.1) is 0 Å². The van der Waals surface area contributed by atoms with E-state index in [0.717, 1.165) is 5.56 Å². The first kappa shape index (κ1) is 21.9. The zero-order valence-electron chi connectivity index (χ0n) is 15.5. The molecule has 148 valence electrons. The largest absolute Gasteiger partial charge is 0.469 e. The number of carbonyl (C=O) groups excluding carboxylic acids is 4. The van der Waals surface area contributed by atoms with E-state index in [2.05, 4.69) is 20.1 Å². The minimum absolute atomic E-state index is 0.0647. The zero-order valence-corrected chi connectivity index (χ0v) is 15.5. The summed E-state index contributed by atoms with van der Waals surface area (Å²) >= 11 is 0. The summed E-state index contributed by atoms with van der Waals surface area (Å²) in [5.41, 5.74) is 0.805. The van der Waals surface area contributed by atoms with Crippen LogP contribution in [-0.4, -0.2) is 50.7 Å². The van der Waals surface area contributed by atoms with Crippen molar-refractivity contribution in [3.63, 3.8) is 0 Å². The first-order valence-corrected chi connectivity index (χ1v) is 8.26. The third-order valence-corrected chi connectivity index (χ3v) is 3.66. The molecule has 0 radical (unpaired) electrons. The van der Waals surface area contributed by atoms with Crippen molar-refractivity contribution in [2.24, 2.45) is 5.92 Å². The third kappa shape index (κ3) is 8.21. The molecule has 0 saturated carbocycles. The Morgan fingerprint density at radius 3 is 2.30 bits per heavy atom. The molecule has 1 aromatic carbocycles. The third-order valence-electron chi connectivity index (χ3n) is 3.66. The fourth-order valence-corrected chi connectivity index (χ4v) is 2.18. The molecule has 0 aliphatic heterocycles. The molecule has 27 heavy (non-hydrogen) atoms. The van der Waals surface area contributed by atoms with Crippen molar-refractivity contribution in [2.75, 3.05) is 20.8 Å². The van der Waals surface area contributed by atoms with E-state index >= 15 is 0 Å². The maximum absolute atomic E-state index is 12.0. The number of esters is 2. The van der Waals surface area contributed by atoms with Crippen molar-refractivity contribution in [1.29, 1.82) is 0 Å². The fraction of sp³-hybridized carbons (Fsp3) is 0.444. The Bertz CT molecular complexity index is 648. The summed E-state index contributed by atoms with van der Waals surface area (Å²) in [6, 6.07) is 8.00. The van der Waals surface area contributed by atoms with E-state index in [9.17, 15) is 19.2 Å². The van der Waals surface area contributed by atoms with Crippen molar-refractivity contribution >= 4 is 23.9 Å². The van der Waals surface area contributed by atoms with Gasteiger partial charge in [-0.3, -0.25) is 9.59 Å². The second-order valence-corrected chi connectivity index (χ2v) is 5.74. The summed E-state index contributed by atoms with van der Waals surface area (Å²) < 4.78 is 14.2. The van der Waals surface area contributed by atoms with Gasteiger partial charge < -0.3 is 24.8 Å². The molecule has 0 aliphatic carbocycles. The average molecular weight is 380 g/mol. The monoisotopic (exact) mass is 380 g/mol. The Labute approximate surface area is 157 Å². The van der Waals surface area contributed by atoms with Gasteiger partial charge >= 0.3 is 18.0 Å². The van der Waals surface area contributed by atoms with Crippen LogP contribution < -0.4 is 10.6 Å². The number of hydrogen-bond donors (Lipinski definition) is 2. The van der Waals surface area contributed by atoms with Gasteiger partial charge in [0.25, 0.3) is 0 Å². The highest BCUT2D eigenvalue weighted by Crippen LogP contribution is 2.11. The molecule has 0 heterocycles. The van der Waals surface area contributed by atoms with Crippen LogP contribution in [0.1, 0.15) is 18.9 Å². The number of amides is 2. The molecular formula is C18H24N2O7. The predicted octanol–water partition coefficient (Wildman–Crippen LogP) is 0.770. The van der Waals surface area contributed by atoms with Gasteiger partial charge in [-0.05, 0) is 11.5 Å². The molecule has 2 N–H and O–H groups in total. The summed E-state index contributed by atoms with van der Waals surface area (Å²) in [7, 11) is 2.40. The molecule has 0 spiro atoms. The van der Waals surface area contributed by atoms with Crippen molar-refractivity contribution in [1.82, 2.24) is 10.6 Å². The van der Waals surface area contributed by atoms with Gasteiger partial charge in [0.05, 0.1) is 20.6 Å². The molecule has 0 aromatic heterocycles. The number of benzene rings is 1. The van der Waals surface area contributed by atoms with Crippen LogP contribution in [0.15, 0.2) is 30.3 Å². The van der Waals surface area contributed by atoms with E-state index in [0.29, 0.717) is 0 Å². The lowest BCUT2D eigenvalue weighted by molar-refractivity contribution is -0.148. The molecule has 1 aromatic rings. The van der Waals surface area contributed by atoms with E-state index in [1.807, 2.05) is 18.2 Å². The number of methoxy groups -OCH3 is 2. The minimum atomic E-state index is -1.05. The summed E-state index contributed by atoms with van der Waals surface area (Å²) in [6.45, 7) is 1.27. The normalized spacial score (nSPS) is 12.3. The van der Waals surface area contributed by atoms with Crippen LogP contribution in [0.4, 0.5) is 4.79 Å². The van der Waals surface area contributed by atoms with Gasteiger partial charge in [0.15, 0.2) is 0 Å². The van der Waals surface area contributed by atoms with Crippen LogP contribution in [0, 0.1) is 5.92 Å². The number of ether oxygens (including phenoxy) is 3. The van der Waals surface area contributed by atoms with Crippen LogP contribution in [0.3, 0.4) is 0 Å². The van der Waals surface area contributed by atoms with Crippen molar-refractivity contribution in [2.45, 2.75) is 26.0 Å². The van der Waals surface area contributed by atoms with E-state index in [1.165, 1.54) is 14.2 Å². The molecule has 0 unspecified atom stereocenters. The van der Waals surface area contributed by atoms with Gasteiger partial charge in [0.2, 0.25) is 5.91 Å². The zero-order chi connectivity index (χ0) is 20.2. The Morgan fingerprint density at radius 2 is 1.70 bits per heavy atom. The number of nitrogens with one attached hydrogen (secondary N) is 2. The lowest BCUT2D eigenvalue weighted by Crippen LogP contribution is -2.49. The number of hydrogen-bond acceptors (Lipinski definition) is 7. The van der Waals surface area contributed by atoms with Gasteiger partial charge in [0.1, 0.15) is 19.2 Å². The Morgan fingerprint density at radius 1 is 1.04 bits per heavy atom. The van der Waals surface area contributed by atoms with Gasteiger partial charge in [-0.1, -0.05) is 37.3 Å². The smallest absolute Gasteiger partial charge is 0.407 e. The van der Waals surface area contributed by atoms with Crippen molar-refractivity contribution < 1.29 is 33.4 Å². The number of alkyl carbamates (subject to hydrolysis) is 1. The molecular weight excluding hydrogens is 356 g/mol. The van der Waals surface area contributed by atoms with E-state index in [1.54, 1.807) is 19.1 Å². The number of rotatable bonds is 9. The quantitative estimate of drug-likeness (QED) is 0.479. The van der Waals surface area contributed by atoms with E-state index < -0.39 is 42.4 Å². The first-order valence-electron chi connectivity index (χ1n) is 8.26. The summed E-state index contributed by atoms with van der Waals surface area (Å²) in [4.78, 5) is 46.9. The SMILES string of the molecule is COC(=O)C[C@H](C)[C@H](NC(=O)CNC(=O)OCc1ccccc1)C(=O)OC. The Hall–Kier alpha value is -3.10. The highest BCUT2D eigenvalue weighted by atomic mass is 16.5. The van der Waals surface area contributed by atoms with Gasteiger partial charge in [-0.25, -0.2) is 9.59 Å². The summed E-state index contributed by atoms with van der Waals surface area (Å²) in [6.07, 6.45) is -0.852. The van der Waals surface area contributed by atoms with E-state index in [4.69, 9.17) is 4.74 Å². The molecule has 0 bridgehead atoms. The van der Waals surface area contributed by atoms with E-state index in [-0.39, 0.29) is 13.0 Å². The Kier molecular flexibility index (Phi) is 9.35. The second-order valence-electron chi connectivity index (χ2n) is 5.74. The standard InChI is InChI=1S/C18H24N2O7/c1-12(9-15(22)25-2)16(17(23)26-3)20-14(21)10-19-18(24)27-11-13-7-5-4-6-8-13/h4-8,12,16H,9-11H2,1-3H3,(H,19,24)(H,20,21)/t12-,16-/m0/s1. The first-order chi connectivity index (χ1) is 12.9. The molecule has 9 heteroatoms. The van der Waals surface area contributed by atoms with Crippen LogP contribution in [0.2, 0.25) is 0 Å². The van der Waals surface area contributed by atoms with Crippen LogP contribution >= 0.6 is 0 Å². The highest BCUT2D eigenvalue weighted by molar-refractivity contribution is 5.87. The molecule has 9 nitrogen and oxygen atoms in total. The lowest BCUT2D eigenvalue weighted by Gasteiger charge is -2.22. The van der Waals surface area contributed by atoms with Crippen LogP contribution in [-0.2, 0) is 35.2 Å². The van der Waals surface area contributed by atoms with Crippen molar-refractivity contribution in [3.8, 4) is 0 Å². The maximum Gasteiger partial charge on any atom is 0.407 e. The average Bonchev–Trinajstić information content (AvgIpc) is 2.68.